The molecule has 0 aromatic heterocycles. The molecule has 1 N–H and O–H groups in total. The smallest absolute Gasteiger partial charge is 0.0732 e. The van der Waals surface area contributed by atoms with Crippen LogP contribution in [0.2, 0.25) is 0 Å². The molecular formula is C15H29ClN2O2. The van der Waals surface area contributed by atoms with Crippen molar-refractivity contribution in [2.45, 2.75) is 50.9 Å². The summed E-state index contributed by atoms with van der Waals surface area (Å²) in [4.78, 5) is 2.69. The van der Waals surface area contributed by atoms with Crippen LogP contribution in [0.25, 0.3) is 0 Å². The van der Waals surface area contributed by atoms with Crippen LogP contribution in [0.4, 0.5) is 0 Å². The molecule has 4 atom stereocenters. The summed E-state index contributed by atoms with van der Waals surface area (Å²) >= 11 is 0. The molecular weight excluding hydrogens is 276 g/mol. The van der Waals surface area contributed by atoms with Crippen molar-refractivity contribution in [1.82, 2.24) is 10.2 Å². The standard InChI is InChI=1S/C15H28N2O2.ClH/c1-15(5-6-16-10-15)11-17-7-8-19-14-4-3-12(18-2)9-13(14)17;/h12-14,16H,3-11H2,1-2H3;1H. The highest BCUT2D eigenvalue weighted by Gasteiger charge is 2.41. The molecule has 0 radical (unpaired) electrons. The van der Waals surface area contributed by atoms with Crippen molar-refractivity contribution in [3.05, 3.63) is 0 Å². The largest absolute Gasteiger partial charge is 0.381 e. The predicted octanol–water partition coefficient (Wildman–Crippen LogP) is 1.68. The summed E-state index contributed by atoms with van der Waals surface area (Å²) in [7, 11) is 1.85. The zero-order chi connectivity index (χ0) is 13.3. The molecule has 3 fully saturated rings. The zero-order valence-corrected chi connectivity index (χ0v) is 13.6. The second-order valence-corrected chi connectivity index (χ2v) is 6.86. The number of hydrogen-bond acceptors (Lipinski definition) is 4. The Kier molecular flexibility index (Phi) is 5.71. The van der Waals surface area contributed by atoms with Crippen LogP contribution in [-0.4, -0.2) is 63.0 Å². The fourth-order valence-corrected chi connectivity index (χ4v) is 4.05. The SMILES string of the molecule is COC1CCC2OCCN(CC3(C)CCNC3)C2C1.Cl. The Morgan fingerprint density at radius 1 is 1.40 bits per heavy atom. The molecule has 2 heterocycles. The molecule has 1 aliphatic carbocycles. The van der Waals surface area contributed by atoms with E-state index in [1.807, 2.05) is 7.11 Å². The van der Waals surface area contributed by atoms with E-state index in [1.54, 1.807) is 0 Å². The molecule has 118 valence electrons. The van der Waals surface area contributed by atoms with E-state index in [4.69, 9.17) is 9.47 Å². The Morgan fingerprint density at radius 3 is 2.95 bits per heavy atom. The monoisotopic (exact) mass is 304 g/mol. The van der Waals surface area contributed by atoms with Gasteiger partial charge in [-0.2, -0.15) is 0 Å². The van der Waals surface area contributed by atoms with Gasteiger partial charge in [0.15, 0.2) is 0 Å². The molecule has 0 aromatic rings. The Balaban J connectivity index is 0.00000147. The average molecular weight is 305 g/mol. The van der Waals surface area contributed by atoms with E-state index in [1.165, 1.54) is 19.5 Å². The van der Waals surface area contributed by atoms with Crippen molar-refractivity contribution in [2.24, 2.45) is 5.41 Å². The molecule has 0 spiro atoms. The molecule has 1 saturated carbocycles. The first kappa shape index (κ1) is 16.5. The Labute approximate surface area is 129 Å². The molecule has 4 nitrogen and oxygen atoms in total. The highest BCUT2D eigenvalue weighted by atomic mass is 35.5. The minimum atomic E-state index is 0. The third-order valence-electron chi connectivity index (χ3n) is 5.26. The second-order valence-electron chi connectivity index (χ2n) is 6.86. The lowest BCUT2D eigenvalue weighted by Crippen LogP contribution is -2.57. The predicted molar refractivity (Wildman–Crippen MR) is 82.6 cm³/mol. The van der Waals surface area contributed by atoms with Crippen molar-refractivity contribution in [3.8, 4) is 0 Å². The molecule has 2 saturated heterocycles. The van der Waals surface area contributed by atoms with Gasteiger partial charge in [-0.25, -0.2) is 0 Å². The number of methoxy groups -OCH3 is 1. The van der Waals surface area contributed by atoms with Gasteiger partial charge in [0.1, 0.15) is 0 Å². The topological polar surface area (TPSA) is 33.7 Å². The Hall–Kier alpha value is 0.130. The lowest BCUT2D eigenvalue weighted by molar-refractivity contribution is -0.120. The lowest BCUT2D eigenvalue weighted by Gasteiger charge is -2.47. The molecule has 2 aliphatic heterocycles. The van der Waals surface area contributed by atoms with E-state index in [2.05, 4.69) is 17.1 Å². The first-order valence-corrected chi connectivity index (χ1v) is 7.79. The molecule has 0 amide bonds. The highest BCUT2D eigenvalue weighted by molar-refractivity contribution is 5.85. The van der Waals surface area contributed by atoms with Gasteiger partial charge in [0.25, 0.3) is 0 Å². The van der Waals surface area contributed by atoms with Crippen LogP contribution in [0.5, 0.6) is 0 Å². The number of hydrogen-bond donors (Lipinski definition) is 1. The summed E-state index contributed by atoms with van der Waals surface area (Å²) in [5, 5.41) is 3.51. The summed E-state index contributed by atoms with van der Waals surface area (Å²) in [5.41, 5.74) is 0.446. The average Bonchev–Trinajstić information content (AvgIpc) is 2.85. The minimum absolute atomic E-state index is 0. The van der Waals surface area contributed by atoms with Gasteiger partial charge in [-0.15, -0.1) is 12.4 Å². The van der Waals surface area contributed by atoms with E-state index in [0.717, 1.165) is 39.0 Å². The van der Waals surface area contributed by atoms with Crippen molar-refractivity contribution >= 4 is 12.4 Å². The van der Waals surface area contributed by atoms with Crippen molar-refractivity contribution in [1.29, 1.82) is 0 Å². The number of rotatable bonds is 3. The number of nitrogens with one attached hydrogen (secondary N) is 1. The van der Waals surface area contributed by atoms with E-state index in [0.29, 0.717) is 23.7 Å². The molecule has 5 heteroatoms. The molecule has 4 unspecified atom stereocenters. The van der Waals surface area contributed by atoms with E-state index in [9.17, 15) is 0 Å². The maximum Gasteiger partial charge on any atom is 0.0732 e. The lowest BCUT2D eigenvalue weighted by atomic mass is 9.84. The van der Waals surface area contributed by atoms with Crippen LogP contribution in [0.1, 0.15) is 32.6 Å². The maximum absolute atomic E-state index is 5.99. The fourth-order valence-electron chi connectivity index (χ4n) is 4.05. The maximum atomic E-state index is 5.99. The van der Waals surface area contributed by atoms with E-state index >= 15 is 0 Å². The zero-order valence-electron chi connectivity index (χ0n) is 12.8. The second kappa shape index (κ2) is 6.93. The highest BCUT2D eigenvalue weighted by Crippen LogP contribution is 2.33. The van der Waals surface area contributed by atoms with Crippen LogP contribution < -0.4 is 5.32 Å². The molecule has 3 aliphatic rings. The normalized spacial score (nSPS) is 42.0. The number of halogens is 1. The number of ether oxygens (including phenoxy) is 2. The van der Waals surface area contributed by atoms with Crippen LogP contribution in [-0.2, 0) is 9.47 Å². The van der Waals surface area contributed by atoms with Crippen molar-refractivity contribution < 1.29 is 9.47 Å². The molecule has 20 heavy (non-hydrogen) atoms. The summed E-state index contributed by atoms with van der Waals surface area (Å²) in [6, 6.07) is 0.574. The van der Waals surface area contributed by atoms with E-state index < -0.39 is 0 Å². The van der Waals surface area contributed by atoms with Gasteiger partial charge < -0.3 is 14.8 Å². The number of fused-ring (bicyclic) bond motifs is 1. The Bertz CT molecular complexity index is 310. The Morgan fingerprint density at radius 2 is 2.25 bits per heavy atom. The van der Waals surface area contributed by atoms with Gasteiger partial charge in [0, 0.05) is 32.8 Å². The third kappa shape index (κ3) is 3.47. The minimum Gasteiger partial charge on any atom is -0.381 e. The number of nitrogens with zero attached hydrogens (tertiary/aromatic N) is 1. The summed E-state index contributed by atoms with van der Waals surface area (Å²) in [6.45, 7) is 7.97. The van der Waals surface area contributed by atoms with Gasteiger partial charge in [-0.3, -0.25) is 4.90 Å². The summed E-state index contributed by atoms with van der Waals surface area (Å²) in [6.07, 6.45) is 5.64. The van der Waals surface area contributed by atoms with Crippen molar-refractivity contribution in [3.63, 3.8) is 0 Å². The fraction of sp³-hybridized carbons (Fsp3) is 1.00. The van der Waals surface area contributed by atoms with Crippen LogP contribution in [0.15, 0.2) is 0 Å². The van der Waals surface area contributed by atoms with Crippen molar-refractivity contribution in [2.75, 3.05) is 39.9 Å². The van der Waals surface area contributed by atoms with Gasteiger partial charge in [0.2, 0.25) is 0 Å². The number of morpholine rings is 1. The molecule has 0 bridgehead atoms. The van der Waals surface area contributed by atoms with Gasteiger partial charge in [0.05, 0.1) is 18.8 Å². The molecule has 0 aromatic carbocycles. The first-order valence-electron chi connectivity index (χ1n) is 7.79. The van der Waals surface area contributed by atoms with Crippen LogP contribution in [0.3, 0.4) is 0 Å². The van der Waals surface area contributed by atoms with Gasteiger partial charge in [-0.1, -0.05) is 6.92 Å². The van der Waals surface area contributed by atoms with Gasteiger partial charge >= 0.3 is 0 Å². The van der Waals surface area contributed by atoms with Crippen LogP contribution >= 0.6 is 12.4 Å². The summed E-state index contributed by atoms with van der Waals surface area (Å²) < 4.78 is 11.6. The third-order valence-corrected chi connectivity index (χ3v) is 5.26. The molecule has 3 rings (SSSR count). The first-order chi connectivity index (χ1) is 9.20. The van der Waals surface area contributed by atoms with Crippen LogP contribution in [0, 0.1) is 5.41 Å². The summed E-state index contributed by atoms with van der Waals surface area (Å²) in [5.74, 6) is 0. The quantitative estimate of drug-likeness (QED) is 0.860. The van der Waals surface area contributed by atoms with E-state index in [-0.39, 0.29) is 12.4 Å². The van der Waals surface area contributed by atoms with Gasteiger partial charge in [-0.05, 0) is 37.6 Å².